The number of anilines is 1. The average Bonchev–Trinajstić information content (AvgIpc) is 2.76. The maximum Gasteiger partial charge on any atom is 0.132 e. The lowest BCUT2D eigenvalue weighted by atomic mass is 10.0. The molecule has 0 aliphatic rings. The highest BCUT2D eigenvalue weighted by Gasteiger charge is 2.19. The predicted octanol–water partition coefficient (Wildman–Crippen LogP) is 4.13. The van der Waals surface area contributed by atoms with E-state index < -0.39 is 0 Å². The molecule has 3 aromatic rings. The van der Waals surface area contributed by atoms with Crippen LogP contribution >= 0.6 is 11.6 Å². The van der Waals surface area contributed by atoms with Crippen molar-refractivity contribution in [3.8, 4) is 22.4 Å². The van der Waals surface area contributed by atoms with E-state index in [2.05, 4.69) is 5.10 Å². The zero-order valence-electron chi connectivity index (χ0n) is 11.3. The lowest BCUT2D eigenvalue weighted by molar-refractivity contribution is 0.630. The third-order valence-electron chi connectivity index (χ3n) is 3.35. The molecule has 0 bridgehead atoms. The maximum absolute atomic E-state index is 14.1. The summed E-state index contributed by atoms with van der Waals surface area (Å²) < 4.78 is 15.6. The first-order valence-corrected chi connectivity index (χ1v) is 6.79. The second-order valence-electron chi connectivity index (χ2n) is 4.72. The highest BCUT2D eigenvalue weighted by Crippen LogP contribution is 2.37. The molecular formula is C16H13ClFN3. The van der Waals surface area contributed by atoms with E-state index in [4.69, 9.17) is 17.3 Å². The molecule has 0 aliphatic carbocycles. The quantitative estimate of drug-likeness (QED) is 0.773. The van der Waals surface area contributed by atoms with Gasteiger partial charge in [-0.15, -0.1) is 0 Å². The second-order valence-corrected chi connectivity index (χ2v) is 5.16. The van der Waals surface area contributed by atoms with Crippen molar-refractivity contribution in [2.24, 2.45) is 7.05 Å². The molecule has 0 unspecified atom stereocenters. The van der Waals surface area contributed by atoms with E-state index in [1.54, 1.807) is 42.1 Å². The molecule has 0 spiro atoms. The lowest BCUT2D eigenvalue weighted by Crippen LogP contribution is -1.97. The van der Waals surface area contributed by atoms with E-state index in [0.29, 0.717) is 27.7 Å². The summed E-state index contributed by atoms with van der Waals surface area (Å²) in [4.78, 5) is 0. The number of rotatable bonds is 2. The van der Waals surface area contributed by atoms with Crippen molar-refractivity contribution in [3.05, 3.63) is 59.4 Å². The van der Waals surface area contributed by atoms with Crippen LogP contribution in [0.5, 0.6) is 0 Å². The van der Waals surface area contributed by atoms with Gasteiger partial charge >= 0.3 is 0 Å². The van der Waals surface area contributed by atoms with Crippen LogP contribution in [0, 0.1) is 5.82 Å². The summed E-state index contributed by atoms with van der Waals surface area (Å²) >= 11 is 5.91. The van der Waals surface area contributed by atoms with Crippen molar-refractivity contribution in [3.63, 3.8) is 0 Å². The van der Waals surface area contributed by atoms with Gasteiger partial charge in [-0.2, -0.15) is 5.10 Å². The molecule has 1 heterocycles. The zero-order valence-corrected chi connectivity index (χ0v) is 12.1. The van der Waals surface area contributed by atoms with Gasteiger partial charge in [0.05, 0.1) is 5.56 Å². The minimum Gasteiger partial charge on any atom is -0.383 e. The predicted molar refractivity (Wildman–Crippen MR) is 83.5 cm³/mol. The van der Waals surface area contributed by atoms with Crippen molar-refractivity contribution < 1.29 is 4.39 Å². The number of nitrogens with zero attached hydrogens (tertiary/aromatic N) is 2. The Labute approximate surface area is 126 Å². The van der Waals surface area contributed by atoms with Crippen LogP contribution in [0.1, 0.15) is 0 Å². The van der Waals surface area contributed by atoms with Crippen molar-refractivity contribution in [2.45, 2.75) is 0 Å². The Hall–Kier alpha value is -2.33. The normalized spacial score (nSPS) is 10.8. The van der Waals surface area contributed by atoms with Crippen LogP contribution in [0.4, 0.5) is 10.2 Å². The molecule has 0 saturated carbocycles. The molecule has 2 N–H and O–H groups in total. The Kier molecular flexibility index (Phi) is 3.39. The van der Waals surface area contributed by atoms with E-state index in [1.807, 2.05) is 12.1 Å². The van der Waals surface area contributed by atoms with Gasteiger partial charge in [0, 0.05) is 17.6 Å². The van der Waals surface area contributed by atoms with Gasteiger partial charge in [0.2, 0.25) is 0 Å². The molecule has 1 aromatic heterocycles. The minimum absolute atomic E-state index is 0.328. The molecular weight excluding hydrogens is 289 g/mol. The third-order valence-corrected chi connectivity index (χ3v) is 3.61. The Balaban J connectivity index is 2.26. The first kappa shape index (κ1) is 13.6. The van der Waals surface area contributed by atoms with Gasteiger partial charge in [0.25, 0.3) is 0 Å². The summed E-state index contributed by atoms with van der Waals surface area (Å²) in [6.07, 6.45) is 0. The molecule has 0 aliphatic heterocycles. The lowest BCUT2D eigenvalue weighted by Gasteiger charge is -2.05. The van der Waals surface area contributed by atoms with Crippen molar-refractivity contribution in [1.29, 1.82) is 0 Å². The fraction of sp³-hybridized carbons (Fsp3) is 0.0625. The van der Waals surface area contributed by atoms with E-state index in [0.717, 1.165) is 5.56 Å². The highest BCUT2D eigenvalue weighted by molar-refractivity contribution is 6.30. The van der Waals surface area contributed by atoms with Gasteiger partial charge in [-0.3, -0.25) is 4.68 Å². The van der Waals surface area contributed by atoms with Crippen molar-refractivity contribution in [1.82, 2.24) is 9.78 Å². The highest BCUT2D eigenvalue weighted by atomic mass is 35.5. The first-order valence-electron chi connectivity index (χ1n) is 6.41. The van der Waals surface area contributed by atoms with E-state index in [1.165, 1.54) is 6.07 Å². The smallest absolute Gasteiger partial charge is 0.132 e. The van der Waals surface area contributed by atoms with Gasteiger partial charge in [-0.05, 0) is 29.8 Å². The standard InChI is InChI=1S/C16H13ClFN3/c1-21-16(19)14(10-6-8-11(17)9-7-10)15(20-21)12-4-2-3-5-13(12)18/h2-9H,19H2,1H3. The largest absolute Gasteiger partial charge is 0.383 e. The van der Waals surface area contributed by atoms with E-state index in [-0.39, 0.29) is 5.82 Å². The number of nitrogens with two attached hydrogens (primary N) is 1. The molecule has 0 amide bonds. The number of benzene rings is 2. The van der Waals surface area contributed by atoms with Gasteiger partial charge in [0.15, 0.2) is 0 Å². The summed E-state index contributed by atoms with van der Waals surface area (Å²) in [6.45, 7) is 0. The molecule has 0 fully saturated rings. The van der Waals surface area contributed by atoms with Crippen LogP contribution in [-0.4, -0.2) is 9.78 Å². The average molecular weight is 302 g/mol. The molecule has 21 heavy (non-hydrogen) atoms. The molecule has 0 atom stereocenters. The summed E-state index contributed by atoms with van der Waals surface area (Å²) in [5.74, 6) is 0.154. The Morgan fingerprint density at radius 3 is 2.43 bits per heavy atom. The Morgan fingerprint density at radius 1 is 1.10 bits per heavy atom. The van der Waals surface area contributed by atoms with Crippen LogP contribution < -0.4 is 5.73 Å². The van der Waals surface area contributed by atoms with Crippen LogP contribution in [0.3, 0.4) is 0 Å². The Bertz CT molecular complexity index is 794. The van der Waals surface area contributed by atoms with Crippen LogP contribution in [0.2, 0.25) is 5.02 Å². The van der Waals surface area contributed by atoms with E-state index >= 15 is 0 Å². The molecule has 0 saturated heterocycles. The Morgan fingerprint density at radius 2 is 1.76 bits per heavy atom. The number of aryl methyl sites for hydroxylation is 1. The number of nitrogen functional groups attached to an aromatic ring is 1. The summed E-state index contributed by atoms with van der Waals surface area (Å²) in [6, 6.07) is 13.8. The molecule has 5 heteroatoms. The fourth-order valence-electron chi connectivity index (χ4n) is 2.28. The monoisotopic (exact) mass is 301 g/mol. The zero-order chi connectivity index (χ0) is 15.0. The second kappa shape index (κ2) is 5.22. The minimum atomic E-state index is -0.328. The summed E-state index contributed by atoms with van der Waals surface area (Å²) in [5.41, 5.74) is 8.61. The molecule has 3 rings (SSSR count). The molecule has 106 valence electrons. The van der Waals surface area contributed by atoms with Crippen LogP contribution in [0.15, 0.2) is 48.5 Å². The fourth-order valence-corrected chi connectivity index (χ4v) is 2.41. The number of hydrogen-bond acceptors (Lipinski definition) is 2. The third kappa shape index (κ3) is 2.38. The van der Waals surface area contributed by atoms with Gasteiger partial charge in [-0.1, -0.05) is 35.9 Å². The molecule has 2 aromatic carbocycles. The first-order chi connectivity index (χ1) is 10.1. The molecule has 0 radical (unpaired) electrons. The van der Waals surface area contributed by atoms with Gasteiger partial charge < -0.3 is 5.73 Å². The number of aromatic nitrogens is 2. The SMILES string of the molecule is Cn1nc(-c2ccccc2F)c(-c2ccc(Cl)cc2)c1N. The number of hydrogen-bond donors (Lipinski definition) is 1. The van der Waals surface area contributed by atoms with Gasteiger partial charge in [0.1, 0.15) is 17.3 Å². The number of halogens is 2. The van der Waals surface area contributed by atoms with Crippen LogP contribution in [-0.2, 0) is 7.05 Å². The van der Waals surface area contributed by atoms with Crippen molar-refractivity contribution in [2.75, 3.05) is 5.73 Å². The van der Waals surface area contributed by atoms with Crippen molar-refractivity contribution >= 4 is 17.4 Å². The summed E-state index contributed by atoms with van der Waals surface area (Å²) in [5, 5.41) is 4.99. The van der Waals surface area contributed by atoms with Gasteiger partial charge in [-0.25, -0.2) is 4.39 Å². The van der Waals surface area contributed by atoms with Crippen LogP contribution in [0.25, 0.3) is 22.4 Å². The molecule has 3 nitrogen and oxygen atoms in total. The van der Waals surface area contributed by atoms with E-state index in [9.17, 15) is 4.39 Å². The topological polar surface area (TPSA) is 43.8 Å². The summed E-state index contributed by atoms with van der Waals surface area (Å²) in [7, 11) is 1.74. The maximum atomic E-state index is 14.1.